The van der Waals surface area contributed by atoms with Crippen molar-refractivity contribution in [3.05, 3.63) is 64.3 Å². The molecule has 0 saturated heterocycles. The van der Waals surface area contributed by atoms with E-state index >= 15 is 0 Å². The first-order chi connectivity index (χ1) is 9.52. The Kier molecular flexibility index (Phi) is 6.92. The zero-order valence-corrected chi connectivity index (χ0v) is 15.4. The van der Waals surface area contributed by atoms with Gasteiger partial charge in [-0.3, -0.25) is 0 Å². The summed E-state index contributed by atoms with van der Waals surface area (Å²) < 4.78 is 26.1. The van der Waals surface area contributed by atoms with Gasteiger partial charge in [0.25, 0.3) is 6.43 Å². The molecule has 0 fully saturated rings. The average Bonchev–Trinajstić information content (AvgIpc) is 2.44. The van der Waals surface area contributed by atoms with Crippen LogP contribution in [0.3, 0.4) is 0 Å². The van der Waals surface area contributed by atoms with Crippen LogP contribution in [0, 0.1) is 17.4 Å². The minimum absolute atomic E-state index is 0. The third-order valence-electron chi connectivity index (χ3n) is 2.82. The maximum Gasteiger partial charge on any atom is 0.256 e. The van der Waals surface area contributed by atoms with Crippen LogP contribution >= 0.6 is 15.9 Å². The van der Waals surface area contributed by atoms with Gasteiger partial charge in [0.1, 0.15) is 0 Å². The van der Waals surface area contributed by atoms with Gasteiger partial charge in [-0.1, -0.05) is 34.5 Å². The SMILES string of the molecule is C=C1C(Br)=C[C-]=C(c2ccc(C#N)cc2)N1CC(F)F.[Y]. The van der Waals surface area contributed by atoms with Crippen LogP contribution in [-0.4, -0.2) is 17.9 Å². The summed E-state index contributed by atoms with van der Waals surface area (Å²) >= 11 is 3.26. The zero-order valence-electron chi connectivity index (χ0n) is 11.0. The Morgan fingerprint density at radius 3 is 2.48 bits per heavy atom. The number of halogens is 3. The number of nitriles is 1. The molecule has 0 atom stereocenters. The van der Waals surface area contributed by atoms with E-state index in [-0.39, 0.29) is 32.7 Å². The van der Waals surface area contributed by atoms with Crippen molar-refractivity contribution in [1.29, 1.82) is 5.26 Å². The molecule has 0 unspecified atom stereocenters. The fourth-order valence-corrected chi connectivity index (χ4v) is 2.17. The van der Waals surface area contributed by atoms with Crippen molar-refractivity contribution < 1.29 is 41.5 Å². The number of hydrogen-bond donors (Lipinski definition) is 0. The largest absolute Gasteiger partial charge is 0.369 e. The standard InChI is InChI=1S/C15H10BrF2N2.Y/c1-10-13(16)6-7-14(20(10)9-15(17)18)12-4-2-11(8-19)3-5-12;/h2-6,15H,1,9H2;/q-1;. The second kappa shape index (κ2) is 7.98. The molecule has 1 aromatic carbocycles. The molecule has 105 valence electrons. The molecular weight excluding hydrogens is 415 g/mol. The van der Waals surface area contributed by atoms with E-state index in [1.165, 1.54) is 4.90 Å². The van der Waals surface area contributed by atoms with Gasteiger partial charge < -0.3 is 4.90 Å². The smallest absolute Gasteiger partial charge is 0.256 e. The summed E-state index contributed by atoms with van der Waals surface area (Å²) in [7, 11) is 0. The van der Waals surface area contributed by atoms with Crippen LogP contribution in [0.1, 0.15) is 11.1 Å². The number of hydrogen-bond acceptors (Lipinski definition) is 2. The molecule has 2 rings (SSSR count). The van der Waals surface area contributed by atoms with E-state index in [9.17, 15) is 8.78 Å². The molecule has 0 aliphatic carbocycles. The van der Waals surface area contributed by atoms with E-state index in [1.807, 2.05) is 6.07 Å². The predicted molar refractivity (Wildman–Crippen MR) is 76.7 cm³/mol. The maximum atomic E-state index is 12.7. The number of nitrogens with zero attached hydrogens (tertiary/aromatic N) is 2. The Balaban J connectivity index is 0.00000220. The van der Waals surface area contributed by atoms with Crippen LogP contribution < -0.4 is 0 Å². The van der Waals surface area contributed by atoms with E-state index in [0.717, 1.165) is 0 Å². The van der Waals surface area contributed by atoms with Crippen LogP contribution in [0.2, 0.25) is 0 Å². The van der Waals surface area contributed by atoms with Crippen LogP contribution in [0.15, 0.2) is 47.1 Å². The van der Waals surface area contributed by atoms with Crippen molar-refractivity contribution >= 4 is 21.6 Å². The van der Waals surface area contributed by atoms with Crippen molar-refractivity contribution in [3.8, 4) is 6.07 Å². The summed E-state index contributed by atoms with van der Waals surface area (Å²) in [6.45, 7) is 3.35. The first-order valence-electron chi connectivity index (χ1n) is 5.77. The number of allylic oxidation sites excluding steroid dienone is 3. The maximum absolute atomic E-state index is 12.7. The summed E-state index contributed by atoms with van der Waals surface area (Å²) in [5, 5.41) is 8.77. The molecule has 1 aliphatic heterocycles. The molecule has 6 heteroatoms. The van der Waals surface area contributed by atoms with Gasteiger partial charge in [0, 0.05) is 38.3 Å². The predicted octanol–water partition coefficient (Wildman–Crippen LogP) is 4.07. The summed E-state index contributed by atoms with van der Waals surface area (Å²) in [5.41, 5.74) is 2.20. The summed E-state index contributed by atoms with van der Waals surface area (Å²) in [5.74, 6) is 0. The molecule has 0 saturated carbocycles. The molecule has 0 aromatic heterocycles. The minimum Gasteiger partial charge on any atom is -0.369 e. The van der Waals surface area contributed by atoms with Crippen LogP contribution in [0.5, 0.6) is 0 Å². The van der Waals surface area contributed by atoms with Gasteiger partial charge in [0.2, 0.25) is 0 Å². The summed E-state index contributed by atoms with van der Waals surface area (Å²) in [6.07, 6.45) is 2.13. The monoisotopic (exact) mass is 424 g/mol. The van der Waals surface area contributed by atoms with Gasteiger partial charge in [-0.25, -0.2) is 8.78 Å². The molecule has 1 aromatic rings. The second-order valence-electron chi connectivity index (χ2n) is 4.12. The van der Waals surface area contributed by atoms with E-state index in [1.54, 1.807) is 30.3 Å². The van der Waals surface area contributed by atoms with Gasteiger partial charge in [0.05, 0.1) is 12.6 Å². The van der Waals surface area contributed by atoms with E-state index in [2.05, 4.69) is 28.6 Å². The molecule has 1 radical (unpaired) electrons. The van der Waals surface area contributed by atoms with Crippen molar-refractivity contribution in [2.24, 2.45) is 0 Å². The molecule has 0 N–H and O–H groups in total. The second-order valence-corrected chi connectivity index (χ2v) is 4.98. The number of benzene rings is 1. The van der Waals surface area contributed by atoms with Crippen LogP contribution in [0.25, 0.3) is 5.70 Å². The third kappa shape index (κ3) is 4.32. The fraction of sp³-hybridized carbons (Fsp3) is 0.133. The molecule has 1 aliphatic rings. The Hall–Kier alpha value is -0.826. The van der Waals surface area contributed by atoms with Crippen LogP contribution in [0.4, 0.5) is 8.78 Å². The molecule has 2 nitrogen and oxygen atoms in total. The van der Waals surface area contributed by atoms with Gasteiger partial charge in [-0.2, -0.15) is 17.4 Å². The average molecular weight is 425 g/mol. The summed E-state index contributed by atoms with van der Waals surface area (Å²) in [6, 6.07) is 8.71. The topological polar surface area (TPSA) is 27.0 Å². The van der Waals surface area contributed by atoms with E-state index < -0.39 is 13.0 Å². The van der Waals surface area contributed by atoms with Crippen molar-refractivity contribution in [2.45, 2.75) is 6.43 Å². The van der Waals surface area contributed by atoms with Gasteiger partial charge >= 0.3 is 0 Å². The Labute approximate surface area is 155 Å². The number of rotatable bonds is 3. The Morgan fingerprint density at radius 1 is 1.33 bits per heavy atom. The first kappa shape index (κ1) is 18.2. The quantitative estimate of drug-likeness (QED) is 0.684. The van der Waals surface area contributed by atoms with E-state index in [0.29, 0.717) is 27.0 Å². The van der Waals surface area contributed by atoms with Crippen LogP contribution in [-0.2, 0) is 32.7 Å². The van der Waals surface area contributed by atoms with E-state index in [4.69, 9.17) is 5.26 Å². The van der Waals surface area contributed by atoms with Crippen molar-refractivity contribution in [2.75, 3.05) is 6.54 Å². The Morgan fingerprint density at radius 2 is 1.95 bits per heavy atom. The number of alkyl halides is 2. The van der Waals surface area contributed by atoms with Gasteiger partial charge in [-0.15, -0.1) is 28.1 Å². The normalized spacial score (nSPS) is 14.2. The van der Waals surface area contributed by atoms with Crippen molar-refractivity contribution in [3.63, 3.8) is 0 Å². The van der Waals surface area contributed by atoms with Gasteiger partial charge in [-0.05, 0) is 5.70 Å². The molecule has 0 bridgehead atoms. The van der Waals surface area contributed by atoms with Crippen molar-refractivity contribution in [1.82, 2.24) is 4.90 Å². The molecule has 0 amide bonds. The molecule has 0 spiro atoms. The van der Waals surface area contributed by atoms with Gasteiger partial charge in [0.15, 0.2) is 0 Å². The fourth-order valence-electron chi connectivity index (χ4n) is 1.84. The Bertz CT molecular complexity index is 630. The summed E-state index contributed by atoms with van der Waals surface area (Å²) in [4.78, 5) is 1.41. The first-order valence-corrected chi connectivity index (χ1v) is 6.57. The minimum atomic E-state index is -2.49. The molecular formula is C15H10BrF2N2Y-. The zero-order chi connectivity index (χ0) is 14.7. The molecule has 1 heterocycles. The third-order valence-corrected chi connectivity index (χ3v) is 3.50. The molecule has 21 heavy (non-hydrogen) atoms.